The molecule has 1 unspecified atom stereocenters. The lowest BCUT2D eigenvalue weighted by atomic mass is 9.91. The lowest BCUT2D eigenvalue weighted by Crippen LogP contribution is -2.50. The molecule has 1 aromatic rings. The number of benzene rings is 1. The van der Waals surface area contributed by atoms with E-state index in [2.05, 4.69) is 45.5 Å². The molecule has 0 aromatic heterocycles. The number of nitrogens with one attached hydrogen (secondary N) is 1. The van der Waals surface area contributed by atoms with Crippen molar-refractivity contribution in [3.05, 3.63) is 34.3 Å². The van der Waals surface area contributed by atoms with Crippen molar-refractivity contribution in [1.82, 2.24) is 5.32 Å². The molecule has 3 rings (SSSR count). The zero-order valence-electron chi connectivity index (χ0n) is 11.3. The number of rotatable bonds is 1. The molecule has 1 atom stereocenters. The van der Waals surface area contributed by atoms with Crippen molar-refractivity contribution in [2.75, 3.05) is 13.1 Å². The van der Waals surface area contributed by atoms with Crippen LogP contribution in [0.3, 0.4) is 0 Å². The molecular formula is C16H22BrNO. The van der Waals surface area contributed by atoms with E-state index in [1.807, 2.05) is 0 Å². The van der Waals surface area contributed by atoms with Gasteiger partial charge in [-0.2, -0.15) is 0 Å². The number of morpholine rings is 1. The first-order valence-corrected chi connectivity index (χ1v) is 8.21. The Hall–Kier alpha value is -0.380. The van der Waals surface area contributed by atoms with Gasteiger partial charge in [0.1, 0.15) is 0 Å². The molecule has 1 aliphatic heterocycles. The molecule has 19 heavy (non-hydrogen) atoms. The van der Waals surface area contributed by atoms with Crippen molar-refractivity contribution >= 4 is 15.9 Å². The molecule has 3 heteroatoms. The molecule has 1 spiro atoms. The van der Waals surface area contributed by atoms with Crippen LogP contribution in [0.2, 0.25) is 0 Å². The monoisotopic (exact) mass is 323 g/mol. The summed E-state index contributed by atoms with van der Waals surface area (Å²) < 4.78 is 7.67. The molecule has 2 fully saturated rings. The Balaban J connectivity index is 1.75. The fourth-order valence-electron chi connectivity index (χ4n) is 3.35. The van der Waals surface area contributed by atoms with Crippen LogP contribution in [0.1, 0.15) is 50.2 Å². The maximum absolute atomic E-state index is 6.54. The first kappa shape index (κ1) is 13.6. The van der Waals surface area contributed by atoms with Gasteiger partial charge in [0, 0.05) is 17.6 Å². The van der Waals surface area contributed by atoms with E-state index in [0.717, 1.165) is 17.6 Å². The average molecular weight is 324 g/mol. The van der Waals surface area contributed by atoms with Crippen LogP contribution in [-0.4, -0.2) is 18.7 Å². The third kappa shape index (κ3) is 3.21. The van der Waals surface area contributed by atoms with E-state index in [4.69, 9.17) is 4.74 Å². The Morgan fingerprint density at radius 1 is 1.05 bits per heavy atom. The highest BCUT2D eigenvalue weighted by atomic mass is 79.9. The third-order valence-corrected chi connectivity index (χ3v) is 4.95. The Kier molecular flexibility index (Phi) is 4.25. The predicted octanol–water partition coefficient (Wildman–Crippen LogP) is 4.20. The van der Waals surface area contributed by atoms with E-state index in [1.165, 1.54) is 44.1 Å². The molecule has 2 aliphatic rings. The molecule has 0 amide bonds. The van der Waals surface area contributed by atoms with Gasteiger partial charge in [0.25, 0.3) is 0 Å². The molecule has 0 bridgehead atoms. The second-order valence-electron chi connectivity index (χ2n) is 5.89. The van der Waals surface area contributed by atoms with Crippen molar-refractivity contribution in [1.29, 1.82) is 0 Å². The highest BCUT2D eigenvalue weighted by molar-refractivity contribution is 9.10. The van der Waals surface area contributed by atoms with Crippen molar-refractivity contribution in [2.24, 2.45) is 0 Å². The van der Waals surface area contributed by atoms with Gasteiger partial charge in [-0.05, 0) is 30.5 Å². The van der Waals surface area contributed by atoms with Crippen molar-refractivity contribution < 1.29 is 4.74 Å². The van der Waals surface area contributed by atoms with E-state index in [0.29, 0.717) is 0 Å². The summed E-state index contributed by atoms with van der Waals surface area (Å²) in [6, 6.07) is 8.55. The third-order valence-electron chi connectivity index (χ3n) is 4.43. The first-order valence-electron chi connectivity index (χ1n) is 7.41. The van der Waals surface area contributed by atoms with Gasteiger partial charge in [-0.3, -0.25) is 0 Å². The van der Waals surface area contributed by atoms with Gasteiger partial charge in [-0.1, -0.05) is 53.7 Å². The van der Waals surface area contributed by atoms with E-state index in [9.17, 15) is 0 Å². The van der Waals surface area contributed by atoms with Crippen LogP contribution in [0.25, 0.3) is 0 Å². The normalized spacial score (nSPS) is 27.1. The van der Waals surface area contributed by atoms with Crippen LogP contribution in [0.5, 0.6) is 0 Å². The van der Waals surface area contributed by atoms with Crippen LogP contribution in [0, 0.1) is 0 Å². The predicted molar refractivity (Wildman–Crippen MR) is 81.3 cm³/mol. The zero-order chi connectivity index (χ0) is 13.1. The summed E-state index contributed by atoms with van der Waals surface area (Å²) in [7, 11) is 0. The summed E-state index contributed by atoms with van der Waals surface area (Å²) in [6.45, 7) is 1.96. The van der Waals surface area contributed by atoms with Crippen LogP contribution >= 0.6 is 15.9 Å². The maximum atomic E-state index is 6.54. The minimum absolute atomic E-state index is 0.0898. The van der Waals surface area contributed by atoms with Gasteiger partial charge in [0.15, 0.2) is 0 Å². The molecular weight excluding hydrogens is 302 g/mol. The Labute approximate surface area is 124 Å². The quantitative estimate of drug-likeness (QED) is 0.836. The molecule has 1 saturated heterocycles. The zero-order valence-corrected chi connectivity index (χ0v) is 12.9. The van der Waals surface area contributed by atoms with Gasteiger partial charge in [0.05, 0.1) is 11.7 Å². The Morgan fingerprint density at radius 2 is 1.74 bits per heavy atom. The van der Waals surface area contributed by atoms with Crippen LogP contribution in [0.15, 0.2) is 28.7 Å². The largest absolute Gasteiger partial charge is 0.364 e. The van der Waals surface area contributed by atoms with E-state index >= 15 is 0 Å². The number of hydrogen-bond acceptors (Lipinski definition) is 2. The number of hydrogen-bond donors (Lipinski definition) is 1. The lowest BCUT2D eigenvalue weighted by Gasteiger charge is -2.41. The topological polar surface area (TPSA) is 21.3 Å². The fraction of sp³-hybridized carbons (Fsp3) is 0.625. The minimum Gasteiger partial charge on any atom is -0.364 e. The van der Waals surface area contributed by atoms with Gasteiger partial charge in [-0.25, -0.2) is 0 Å². The number of halogens is 1. The second kappa shape index (κ2) is 5.94. The number of ether oxygens (including phenoxy) is 1. The van der Waals surface area contributed by atoms with Gasteiger partial charge >= 0.3 is 0 Å². The van der Waals surface area contributed by atoms with Crippen LogP contribution in [0.4, 0.5) is 0 Å². The molecule has 1 heterocycles. The van der Waals surface area contributed by atoms with Crippen molar-refractivity contribution in [3.8, 4) is 0 Å². The van der Waals surface area contributed by atoms with Crippen molar-refractivity contribution in [3.63, 3.8) is 0 Å². The summed E-state index contributed by atoms with van der Waals surface area (Å²) in [5.41, 5.74) is 1.38. The molecule has 1 N–H and O–H groups in total. The molecule has 2 nitrogen and oxygen atoms in total. The molecule has 1 aromatic carbocycles. The summed E-state index contributed by atoms with van der Waals surface area (Å²) in [4.78, 5) is 0. The van der Waals surface area contributed by atoms with E-state index < -0.39 is 0 Å². The smallest absolute Gasteiger partial charge is 0.0957 e. The van der Waals surface area contributed by atoms with Crippen LogP contribution in [-0.2, 0) is 4.74 Å². The summed E-state index contributed by atoms with van der Waals surface area (Å²) in [5, 5.41) is 3.60. The minimum atomic E-state index is 0.0898. The van der Waals surface area contributed by atoms with Gasteiger partial charge in [0.2, 0.25) is 0 Å². The lowest BCUT2D eigenvalue weighted by molar-refractivity contribution is -0.126. The molecule has 1 saturated carbocycles. The fourth-order valence-corrected chi connectivity index (χ4v) is 3.61. The second-order valence-corrected chi connectivity index (χ2v) is 6.80. The van der Waals surface area contributed by atoms with Gasteiger partial charge < -0.3 is 10.1 Å². The average Bonchev–Trinajstić information content (AvgIpc) is 2.65. The van der Waals surface area contributed by atoms with Crippen LogP contribution < -0.4 is 5.32 Å². The Bertz CT molecular complexity index is 409. The Morgan fingerprint density at radius 3 is 2.42 bits per heavy atom. The highest BCUT2D eigenvalue weighted by Crippen LogP contribution is 2.37. The molecule has 0 radical (unpaired) electrons. The maximum Gasteiger partial charge on any atom is 0.0957 e. The standard InChI is InChI=1S/C16H22BrNO/c17-14-7-5-13(6-8-14)15-11-18-12-16(19-15)9-3-1-2-4-10-16/h5-8,15,18H,1-4,9-12H2. The SMILES string of the molecule is Brc1ccc(C2CNCC3(CCCCCC3)O2)cc1. The summed E-state index contributed by atoms with van der Waals surface area (Å²) >= 11 is 3.49. The van der Waals surface area contributed by atoms with Gasteiger partial charge in [-0.15, -0.1) is 0 Å². The van der Waals surface area contributed by atoms with E-state index in [1.54, 1.807) is 0 Å². The summed E-state index contributed by atoms with van der Waals surface area (Å²) in [5.74, 6) is 0. The first-order chi connectivity index (χ1) is 9.27. The molecule has 104 valence electrons. The molecule has 1 aliphatic carbocycles. The summed E-state index contributed by atoms with van der Waals surface area (Å²) in [6.07, 6.45) is 8.01. The van der Waals surface area contributed by atoms with E-state index in [-0.39, 0.29) is 11.7 Å². The van der Waals surface area contributed by atoms with Crippen molar-refractivity contribution in [2.45, 2.75) is 50.2 Å². The highest BCUT2D eigenvalue weighted by Gasteiger charge is 2.37.